The zero-order chi connectivity index (χ0) is 24.6. The second-order valence-corrected chi connectivity index (χ2v) is 14.0. The Hall–Kier alpha value is -1.30. The fourth-order valence-electron chi connectivity index (χ4n) is 8.84. The van der Waals surface area contributed by atoms with Gasteiger partial charge < -0.3 is 0 Å². The largest absolute Gasteiger partial charge is 0.100 e. The minimum absolute atomic E-state index is 0.156. The van der Waals surface area contributed by atoms with E-state index in [1.807, 2.05) is 0 Å². The van der Waals surface area contributed by atoms with Crippen molar-refractivity contribution >= 4 is 0 Å². The van der Waals surface area contributed by atoms with E-state index in [1.54, 1.807) is 11.1 Å². The van der Waals surface area contributed by atoms with Crippen LogP contribution in [0.25, 0.3) is 0 Å². The Kier molecular flexibility index (Phi) is 5.71. The van der Waals surface area contributed by atoms with Gasteiger partial charge in [0, 0.05) is 5.41 Å². The van der Waals surface area contributed by atoms with Crippen LogP contribution in [0.1, 0.15) is 107 Å². The molecule has 2 fully saturated rings. The first-order valence-corrected chi connectivity index (χ1v) is 13.6. The minimum Gasteiger partial charge on any atom is -0.100 e. The van der Waals surface area contributed by atoms with E-state index in [1.165, 1.54) is 48.8 Å². The zero-order valence-corrected chi connectivity index (χ0v) is 23.1. The topological polar surface area (TPSA) is 0 Å². The van der Waals surface area contributed by atoms with Crippen LogP contribution in [0.15, 0.2) is 59.8 Å². The number of hydrogen-bond acceptors (Lipinski definition) is 0. The van der Waals surface area contributed by atoms with Crippen molar-refractivity contribution in [1.82, 2.24) is 0 Å². The van der Waals surface area contributed by atoms with Gasteiger partial charge in [0.1, 0.15) is 0 Å². The summed E-state index contributed by atoms with van der Waals surface area (Å²) in [5.41, 5.74) is 8.62. The van der Waals surface area contributed by atoms with E-state index in [4.69, 9.17) is 6.58 Å². The molecule has 33 heavy (non-hydrogen) atoms. The smallest absolute Gasteiger partial charge is 0.0107 e. The number of fused-ring (bicyclic) bond motifs is 5. The second-order valence-electron chi connectivity index (χ2n) is 14.0. The van der Waals surface area contributed by atoms with Gasteiger partial charge in [-0.25, -0.2) is 0 Å². The average Bonchev–Trinajstić information content (AvgIpc) is 2.99. The average molecular weight is 447 g/mol. The molecule has 182 valence electrons. The first kappa shape index (κ1) is 24.8. The fraction of sp³-hybridized carbons (Fsp3) is 0.697. The first-order chi connectivity index (χ1) is 15.1. The van der Waals surface area contributed by atoms with Crippen LogP contribution < -0.4 is 0 Å². The van der Waals surface area contributed by atoms with E-state index in [0.717, 1.165) is 25.2 Å². The van der Waals surface area contributed by atoms with Gasteiger partial charge in [0.05, 0.1) is 0 Å². The van der Waals surface area contributed by atoms with E-state index >= 15 is 0 Å². The van der Waals surface area contributed by atoms with E-state index in [9.17, 15) is 0 Å². The summed E-state index contributed by atoms with van der Waals surface area (Å²) in [6, 6.07) is 0. The lowest BCUT2D eigenvalue weighted by Gasteiger charge is -2.66. The summed E-state index contributed by atoms with van der Waals surface area (Å²) in [5, 5.41) is 0. The summed E-state index contributed by atoms with van der Waals surface area (Å²) in [4.78, 5) is 0. The summed E-state index contributed by atoms with van der Waals surface area (Å²) in [7, 11) is 0. The summed E-state index contributed by atoms with van der Waals surface area (Å²) in [6.07, 6.45) is 14.9. The molecule has 0 radical (unpaired) electrons. The van der Waals surface area contributed by atoms with Crippen molar-refractivity contribution in [3.05, 3.63) is 59.8 Å². The van der Waals surface area contributed by atoms with Crippen LogP contribution in [0, 0.1) is 38.9 Å². The molecule has 0 amide bonds. The lowest BCUT2D eigenvalue weighted by atomic mass is 9.37. The molecule has 5 atom stereocenters. The van der Waals surface area contributed by atoms with Crippen molar-refractivity contribution in [1.29, 1.82) is 0 Å². The second kappa shape index (κ2) is 7.60. The molecule has 0 aliphatic heterocycles. The molecule has 2 saturated carbocycles. The summed E-state index contributed by atoms with van der Waals surface area (Å²) < 4.78 is 0. The monoisotopic (exact) mass is 446 g/mol. The van der Waals surface area contributed by atoms with Gasteiger partial charge in [-0.15, -0.1) is 6.58 Å². The highest BCUT2D eigenvalue weighted by molar-refractivity contribution is 5.48. The third-order valence-electron chi connectivity index (χ3n) is 12.0. The molecular formula is C33H50. The van der Waals surface area contributed by atoms with Crippen molar-refractivity contribution < 1.29 is 0 Å². The quantitative estimate of drug-likeness (QED) is 0.368. The highest BCUT2D eigenvalue weighted by atomic mass is 14.7. The Balaban J connectivity index is 1.77. The van der Waals surface area contributed by atoms with E-state index in [0.29, 0.717) is 11.3 Å². The third-order valence-corrected chi connectivity index (χ3v) is 12.0. The predicted octanol–water partition coefficient (Wildman–Crippen LogP) is 10.0. The standard InChI is InChI=1S/C33H50/c1-22(2)13-12-14-24(4)32(10)19-17-26-28-25(16-20-33(26,32)11)31(9)18-15-23(3)21-27(31)29(5,6)30(28,7)8/h16,21,26,28H,1,3-4,12-15,17-20H2,2,5-11H3/t26?,28?,31-,32-,33+/m1/s1. The maximum Gasteiger partial charge on any atom is 0.0107 e. The molecule has 0 bridgehead atoms. The maximum atomic E-state index is 4.73. The van der Waals surface area contributed by atoms with Crippen LogP contribution >= 0.6 is 0 Å². The van der Waals surface area contributed by atoms with Gasteiger partial charge in [0.25, 0.3) is 0 Å². The maximum absolute atomic E-state index is 4.73. The fourth-order valence-corrected chi connectivity index (χ4v) is 8.84. The molecule has 0 saturated heterocycles. The lowest BCUT2D eigenvalue weighted by Crippen LogP contribution is -2.58. The molecule has 2 unspecified atom stereocenters. The van der Waals surface area contributed by atoms with Crippen LogP contribution in [0.5, 0.6) is 0 Å². The Morgan fingerprint density at radius 2 is 1.67 bits per heavy atom. The predicted molar refractivity (Wildman–Crippen MR) is 145 cm³/mol. The highest BCUT2D eigenvalue weighted by Crippen LogP contribution is 2.75. The number of rotatable bonds is 5. The van der Waals surface area contributed by atoms with Gasteiger partial charge in [0.2, 0.25) is 0 Å². The van der Waals surface area contributed by atoms with Crippen molar-refractivity contribution in [2.45, 2.75) is 107 Å². The molecule has 4 rings (SSSR count). The van der Waals surface area contributed by atoms with Crippen LogP contribution in [-0.2, 0) is 0 Å². The lowest BCUT2D eigenvalue weighted by molar-refractivity contribution is -0.0549. The Bertz CT molecular complexity index is 949. The van der Waals surface area contributed by atoms with Gasteiger partial charge in [-0.1, -0.05) is 102 Å². The van der Waals surface area contributed by atoms with Crippen molar-refractivity contribution in [2.24, 2.45) is 38.9 Å². The van der Waals surface area contributed by atoms with Crippen LogP contribution in [0.3, 0.4) is 0 Å². The van der Waals surface area contributed by atoms with Crippen molar-refractivity contribution in [2.75, 3.05) is 0 Å². The van der Waals surface area contributed by atoms with E-state index in [-0.39, 0.29) is 21.7 Å². The van der Waals surface area contributed by atoms with Gasteiger partial charge in [0.15, 0.2) is 0 Å². The van der Waals surface area contributed by atoms with Gasteiger partial charge >= 0.3 is 0 Å². The molecule has 0 heteroatoms. The molecule has 0 nitrogen and oxygen atoms in total. The van der Waals surface area contributed by atoms with Gasteiger partial charge in [-0.2, -0.15) is 0 Å². The van der Waals surface area contributed by atoms with Gasteiger partial charge in [-0.05, 0) is 91.8 Å². The van der Waals surface area contributed by atoms with E-state index < -0.39 is 0 Å². The summed E-state index contributed by atoms with van der Waals surface area (Å²) >= 11 is 0. The molecule has 0 N–H and O–H groups in total. The number of allylic oxidation sites excluding steroid dienone is 7. The Morgan fingerprint density at radius 1 is 1.00 bits per heavy atom. The molecule has 0 aromatic carbocycles. The molecule has 0 spiro atoms. The molecule has 0 aromatic heterocycles. The van der Waals surface area contributed by atoms with Crippen LogP contribution in [0.2, 0.25) is 0 Å². The molecule has 4 aliphatic carbocycles. The van der Waals surface area contributed by atoms with Gasteiger partial charge in [-0.3, -0.25) is 0 Å². The summed E-state index contributed by atoms with van der Waals surface area (Å²) in [5.74, 6) is 1.38. The Labute approximate surface area is 205 Å². The SMILES string of the molecule is C=C(C)CCCC(=C)[C@@]1(C)CCC2C3C(=CC[C@@]21C)[C@@]1(C)CCC(=C)C=C1C(C)(C)C3(C)C. The van der Waals surface area contributed by atoms with E-state index in [2.05, 4.69) is 80.7 Å². The Morgan fingerprint density at radius 3 is 2.30 bits per heavy atom. The minimum atomic E-state index is 0.156. The first-order valence-electron chi connectivity index (χ1n) is 13.6. The van der Waals surface area contributed by atoms with Crippen LogP contribution in [0.4, 0.5) is 0 Å². The molecule has 0 aromatic rings. The summed E-state index contributed by atoms with van der Waals surface area (Å²) in [6.45, 7) is 33.3. The highest BCUT2D eigenvalue weighted by Gasteiger charge is 2.67. The third kappa shape index (κ3) is 3.21. The molecule has 4 aliphatic rings. The number of hydrogen-bond donors (Lipinski definition) is 0. The van der Waals surface area contributed by atoms with Crippen molar-refractivity contribution in [3.8, 4) is 0 Å². The molecular weight excluding hydrogens is 396 g/mol. The normalized spacial score (nSPS) is 40.8. The van der Waals surface area contributed by atoms with Crippen LogP contribution in [-0.4, -0.2) is 0 Å². The molecule has 0 heterocycles. The van der Waals surface area contributed by atoms with Crippen molar-refractivity contribution in [3.63, 3.8) is 0 Å². The zero-order valence-electron chi connectivity index (χ0n) is 23.1.